The Balaban J connectivity index is 1.73. The van der Waals surface area contributed by atoms with Crippen LogP contribution in [0.15, 0.2) is 67.3 Å². The lowest BCUT2D eigenvalue weighted by molar-refractivity contribution is 0.0729. The highest BCUT2D eigenvalue weighted by Gasteiger charge is 2.21. The van der Waals surface area contributed by atoms with Crippen molar-refractivity contribution in [3.05, 3.63) is 89.1 Å². The largest absolute Gasteiger partial charge is 0.328 e. The van der Waals surface area contributed by atoms with Gasteiger partial charge in [0.05, 0.1) is 22.6 Å². The number of benzene rings is 1. The summed E-state index contributed by atoms with van der Waals surface area (Å²) < 4.78 is 1.64. The van der Waals surface area contributed by atoms with Gasteiger partial charge in [0.1, 0.15) is 5.69 Å². The summed E-state index contributed by atoms with van der Waals surface area (Å²) in [5.41, 5.74) is 2.80. The van der Waals surface area contributed by atoms with Crippen LogP contribution >= 0.6 is 11.6 Å². The third kappa shape index (κ3) is 3.73. The standard InChI is InChI=1S/C21H18ClN5O/c1-26-13-18(22)19(25-26)14-27(12-15-5-3-9-23-11-15)21(28)17-8-2-6-16-7-4-10-24-20(16)17/h2-11,13H,12,14H2,1H3. The normalized spacial score (nSPS) is 10.9. The first-order valence-electron chi connectivity index (χ1n) is 8.82. The van der Waals surface area contributed by atoms with Gasteiger partial charge in [-0.05, 0) is 23.8 Å². The topological polar surface area (TPSA) is 63.9 Å². The van der Waals surface area contributed by atoms with Gasteiger partial charge in [-0.15, -0.1) is 0 Å². The number of carbonyl (C=O) groups excluding carboxylic acids is 1. The SMILES string of the molecule is Cn1cc(Cl)c(CN(Cc2cccnc2)C(=O)c2cccc3cccnc23)n1. The van der Waals surface area contributed by atoms with E-state index in [1.165, 1.54) is 0 Å². The number of amides is 1. The van der Waals surface area contributed by atoms with Crippen molar-refractivity contribution in [1.29, 1.82) is 0 Å². The van der Waals surface area contributed by atoms with Crippen LogP contribution in [-0.4, -0.2) is 30.6 Å². The molecule has 0 aliphatic carbocycles. The van der Waals surface area contributed by atoms with Crippen molar-refractivity contribution in [2.24, 2.45) is 7.05 Å². The van der Waals surface area contributed by atoms with Crippen LogP contribution in [0.4, 0.5) is 0 Å². The summed E-state index contributed by atoms with van der Waals surface area (Å²) in [4.78, 5) is 23.8. The van der Waals surface area contributed by atoms with Crippen LogP contribution in [0.1, 0.15) is 21.6 Å². The molecule has 3 heterocycles. The van der Waals surface area contributed by atoms with Gasteiger partial charge in [0.2, 0.25) is 0 Å². The molecule has 1 amide bonds. The molecule has 0 saturated carbocycles. The zero-order valence-corrected chi connectivity index (χ0v) is 16.0. The Morgan fingerprint density at radius 1 is 1.11 bits per heavy atom. The molecule has 0 aliphatic rings. The van der Waals surface area contributed by atoms with Crippen molar-refractivity contribution in [2.75, 3.05) is 0 Å². The van der Waals surface area contributed by atoms with Crippen molar-refractivity contribution in [3.8, 4) is 0 Å². The smallest absolute Gasteiger partial charge is 0.256 e. The molecule has 4 rings (SSSR count). The lowest BCUT2D eigenvalue weighted by Gasteiger charge is -2.22. The van der Waals surface area contributed by atoms with E-state index < -0.39 is 0 Å². The van der Waals surface area contributed by atoms with E-state index in [1.807, 2.05) is 36.4 Å². The molecule has 0 aliphatic heterocycles. The molecule has 3 aromatic heterocycles. The van der Waals surface area contributed by atoms with Crippen molar-refractivity contribution in [1.82, 2.24) is 24.6 Å². The summed E-state index contributed by atoms with van der Waals surface area (Å²) in [6.07, 6.45) is 6.88. The Hall–Kier alpha value is -3.25. The fraction of sp³-hybridized carbons (Fsp3) is 0.143. The Labute approximate surface area is 167 Å². The minimum atomic E-state index is -0.130. The second-order valence-corrected chi connectivity index (χ2v) is 6.91. The number of halogens is 1. The molecule has 0 saturated heterocycles. The predicted octanol–water partition coefficient (Wildman–Crippen LogP) is 3.86. The molecule has 0 fully saturated rings. The zero-order valence-electron chi connectivity index (χ0n) is 15.3. The van der Waals surface area contributed by atoms with E-state index in [4.69, 9.17) is 11.6 Å². The summed E-state index contributed by atoms with van der Waals surface area (Å²) in [7, 11) is 1.80. The van der Waals surface area contributed by atoms with Gasteiger partial charge < -0.3 is 4.90 Å². The minimum absolute atomic E-state index is 0.130. The molecule has 0 atom stereocenters. The average Bonchev–Trinajstić information content (AvgIpc) is 3.04. The van der Waals surface area contributed by atoms with Crippen molar-refractivity contribution in [2.45, 2.75) is 13.1 Å². The van der Waals surface area contributed by atoms with Crippen LogP contribution in [0.5, 0.6) is 0 Å². The maximum atomic E-state index is 13.5. The van der Waals surface area contributed by atoms with Gasteiger partial charge in [-0.3, -0.25) is 19.4 Å². The Kier molecular flexibility index (Phi) is 5.04. The second kappa shape index (κ2) is 7.78. The first kappa shape index (κ1) is 18.1. The van der Waals surface area contributed by atoms with Gasteiger partial charge in [0.15, 0.2) is 0 Å². The molecule has 0 radical (unpaired) electrons. The first-order valence-corrected chi connectivity index (χ1v) is 9.19. The number of carbonyl (C=O) groups is 1. The third-order valence-electron chi connectivity index (χ3n) is 4.44. The van der Waals surface area contributed by atoms with Crippen molar-refractivity contribution >= 4 is 28.4 Å². The number of aryl methyl sites for hydroxylation is 1. The maximum absolute atomic E-state index is 13.5. The number of para-hydroxylation sites is 1. The molecule has 6 nitrogen and oxygen atoms in total. The Morgan fingerprint density at radius 3 is 2.68 bits per heavy atom. The predicted molar refractivity (Wildman–Crippen MR) is 108 cm³/mol. The lowest BCUT2D eigenvalue weighted by atomic mass is 10.1. The first-order chi connectivity index (χ1) is 13.6. The second-order valence-electron chi connectivity index (χ2n) is 6.50. The van der Waals surface area contributed by atoms with Crippen LogP contribution in [0.2, 0.25) is 5.02 Å². The van der Waals surface area contributed by atoms with Gasteiger partial charge >= 0.3 is 0 Å². The zero-order chi connectivity index (χ0) is 19.5. The lowest BCUT2D eigenvalue weighted by Crippen LogP contribution is -2.30. The molecule has 0 N–H and O–H groups in total. The summed E-state index contributed by atoms with van der Waals surface area (Å²) in [5.74, 6) is -0.130. The number of aromatic nitrogens is 4. The molecule has 7 heteroatoms. The Bertz CT molecular complexity index is 1120. The average molecular weight is 392 g/mol. The van der Waals surface area contributed by atoms with Gasteiger partial charge in [-0.25, -0.2) is 0 Å². The molecule has 0 bridgehead atoms. The van der Waals surface area contributed by atoms with Crippen molar-refractivity contribution in [3.63, 3.8) is 0 Å². The number of hydrogen-bond acceptors (Lipinski definition) is 4. The van der Waals surface area contributed by atoms with E-state index in [1.54, 1.807) is 47.5 Å². The summed E-state index contributed by atoms with van der Waals surface area (Å²) in [6, 6.07) is 13.2. The maximum Gasteiger partial charge on any atom is 0.256 e. The molecule has 28 heavy (non-hydrogen) atoms. The Morgan fingerprint density at radius 2 is 1.93 bits per heavy atom. The van der Waals surface area contributed by atoms with E-state index in [0.717, 1.165) is 10.9 Å². The third-order valence-corrected chi connectivity index (χ3v) is 4.76. The number of hydrogen-bond donors (Lipinski definition) is 0. The van der Waals surface area contributed by atoms with Crippen molar-refractivity contribution < 1.29 is 4.79 Å². The highest BCUT2D eigenvalue weighted by atomic mass is 35.5. The summed E-state index contributed by atoms with van der Waals surface area (Å²) >= 11 is 6.29. The van der Waals surface area contributed by atoms with Crippen LogP contribution < -0.4 is 0 Å². The van der Waals surface area contributed by atoms with E-state index >= 15 is 0 Å². The number of nitrogens with zero attached hydrogens (tertiary/aromatic N) is 5. The molecule has 0 unspecified atom stereocenters. The van der Waals surface area contributed by atoms with Gasteiger partial charge in [-0.2, -0.15) is 5.10 Å². The van der Waals surface area contributed by atoms with Crippen LogP contribution in [0.25, 0.3) is 10.9 Å². The molecule has 140 valence electrons. The van der Waals surface area contributed by atoms with Gasteiger partial charge in [0.25, 0.3) is 5.91 Å². The highest BCUT2D eigenvalue weighted by molar-refractivity contribution is 6.31. The van der Waals surface area contributed by atoms with Crippen LogP contribution in [0, 0.1) is 0 Å². The number of fused-ring (bicyclic) bond motifs is 1. The van der Waals surface area contributed by atoms with E-state index in [2.05, 4.69) is 15.1 Å². The number of rotatable bonds is 5. The van der Waals surface area contributed by atoms with E-state index in [0.29, 0.717) is 28.3 Å². The highest BCUT2D eigenvalue weighted by Crippen LogP contribution is 2.22. The fourth-order valence-corrected chi connectivity index (χ4v) is 3.39. The van der Waals surface area contributed by atoms with Crippen LogP contribution in [0.3, 0.4) is 0 Å². The van der Waals surface area contributed by atoms with Gasteiger partial charge in [0, 0.05) is 43.8 Å². The van der Waals surface area contributed by atoms with Gasteiger partial charge in [-0.1, -0.05) is 35.9 Å². The van der Waals surface area contributed by atoms with E-state index in [-0.39, 0.29) is 12.5 Å². The molecular weight excluding hydrogens is 374 g/mol. The quantitative estimate of drug-likeness (QED) is 0.518. The number of pyridine rings is 2. The van der Waals surface area contributed by atoms with E-state index in [9.17, 15) is 4.79 Å². The molecule has 0 spiro atoms. The summed E-state index contributed by atoms with van der Waals surface area (Å²) in [5, 5.41) is 5.84. The molecular formula is C21H18ClN5O. The molecule has 1 aromatic carbocycles. The van der Waals surface area contributed by atoms with Crippen LogP contribution in [-0.2, 0) is 20.1 Å². The minimum Gasteiger partial charge on any atom is -0.328 e. The summed E-state index contributed by atoms with van der Waals surface area (Å²) in [6.45, 7) is 0.680. The monoisotopic (exact) mass is 391 g/mol. The molecule has 4 aromatic rings. The fourth-order valence-electron chi connectivity index (χ4n) is 3.15.